The van der Waals surface area contributed by atoms with Gasteiger partial charge in [-0.05, 0) is 25.0 Å². The van der Waals surface area contributed by atoms with Crippen molar-refractivity contribution < 1.29 is 4.74 Å². The number of para-hydroxylation sites is 1. The molecule has 0 unspecified atom stereocenters. The number of aromatic nitrogens is 1. The quantitative estimate of drug-likeness (QED) is 0.865. The molecule has 0 fully saturated rings. The van der Waals surface area contributed by atoms with Gasteiger partial charge in [0, 0.05) is 10.9 Å². The molecule has 2 aromatic rings. The van der Waals surface area contributed by atoms with Crippen molar-refractivity contribution in [2.45, 2.75) is 38.8 Å². The Balaban J connectivity index is 1.98. The van der Waals surface area contributed by atoms with Crippen LogP contribution in [-0.2, 0) is 11.3 Å². The molecule has 1 aromatic carbocycles. The van der Waals surface area contributed by atoms with E-state index < -0.39 is 0 Å². The summed E-state index contributed by atoms with van der Waals surface area (Å²) < 4.78 is 5.73. The maximum Gasteiger partial charge on any atom is 0.0889 e. The number of ether oxygens (including phenoxy) is 1. The lowest BCUT2D eigenvalue weighted by Crippen LogP contribution is -2.43. The predicted molar refractivity (Wildman–Crippen MR) is 78.9 cm³/mol. The molecule has 0 aliphatic rings. The lowest BCUT2D eigenvalue weighted by Gasteiger charge is -2.26. The van der Waals surface area contributed by atoms with E-state index in [1.54, 1.807) is 0 Å². The van der Waals surface area contributed by atoms with Crippen molar-refractivity contribution in [1.29, 1.82) is 0 Å². The number of fused-ring (bicyclic) bond motifs is 1. The van der Waals surface area contributed by atoms with Crippen LogP contribution in [0.1, 0.15) is 32.4 Å². The third-order valence-corrected chi connectivity index (χ3v) is 3.70. The molecule has 3 nitrogen and oxygen atoms in total. The molecule has 0 saturated carbocycles. The lowest BCUT2D eigenvalue weighted by atomic mass is 9.96. The third-order valence-electron chi connectivity index (χ3n) is 3.70. The molecular formula is C16H22N2O. The third kappa shape index (κ3) is 3.52. The topological polar surface area (TPSA) is 48.1 Å². The highest BCUT2D eigenvalue weighted by Crippen LogP contribution is 2.14. The Bertz CT molecular complexity index is 535. The molecule has 3 heteroatoms. The van der Waals surface area contributed by atoms with Gasteiger partial charge >= 0.3 is 0 Å². The van der Waals surface area contributed by atoms with Crippen LogP contribution < -0.4 is 5.73 Å². The van der Waals surface area contributed by atoms with Crippen LogP contribution in [0.25, 0.3) is 10.9 Å². The van der Waals surface area contributed by atoms with Crippen molar-refractivity contribution in [2.75, 3.05) is 6.61 Å². The molecule has 0 saturated heterocycles. The summed E-state index contributed by atoms with van der Waals surface area (Å²) in [7, 11) is 0. The number of pyridine rings is 1. The normalized spacial score (nSPS) is 11.9. The Kier molecular flexibility index (Phi) is 4.51. The molecule has 2 N–H and O–H groups in total. The van der Waals surface area contributed by atoms with Crippen LogP contribution in [0.3, 0.4) is 0 Å². The van der Waals surface area contributed by atoms with Crippen molar-refractivity contribution in [3.63, 3.8) is 0 Å². The van der Waals surface area contributed by atoms with E-state index >= 15 is 0 Å². The van der Waals surface area contributed by atoms with E-state index in [9.17, 15) is 0 Å². The maximum atomic E-state index is 6.21. The van der Waals surface area contributed by atoms with Gasteiger partial charge in [0.15, 0.2) is 0 Å². The van der Waals surface area contributed by atoms with Gasteiger partial charge in [0.05, 0.1) is 24.4 Å². The number of hydrogen-bond donors (Lipinski definition) is 1. The van der Waals surface area contributed by atoms with E-state index in [1.807, 2.05) is 24.3 Å². The van der Waals surface area contributed by atoms with Crippen LogP contribution in [0.5, 0.6) is 0 Å². The van der Waals surface area contributed by atoms with E-state index in [-0.39, 0.29) is 5.54 Å². The summed E-state index contributed by atoms with van der Waals surface area (Å²) in [6.07, 6.45) is 1.85. The van der Waals surface area contributed by atoms with Gasteiger partial charge in [-0.25, -0.2) is 0 Å². The van der Waals surface area contributed by atoms with Crippen molar-refractivity contribution in [3.05, 3.63) is 42.1 Å². The van der Waals surface area contributed by atoms with Gasteiger partial charge in [0.25, 0.3) is 0 Å². The molecule has 0 spiro atoms. The largest absolute Gasteiger partial charge is 0.373 e. The van der Waals surface area contributed by atoms with Crippen LogP contribution in [0.2, 0.25) is 0 Å². The first-order valence-corrected chi connectivity index (χ1v) is 6.88. The van der Waals surface area contributed by atoms with E-state index in [1.165, 1.54) is 0 Å². The average molecular weight is 258 g/mol. The number of hydrogen-bond acceptors (Lipinski definition) is 3. The van der Waals surface area contributed by atoms with Crippen LogP contribution in [0.15, 0.2) is 36.4 Å². The molecule has 1 heterocycles. The Morgan fingerprint density at radius 1 is 1.11 bits per heavy atom. The van der Waals surface area contributed by atoms with E-state index in [0.29, 0.717) is 13.2 Å². The summed E-state index contributed by atoms with van der Waals surface area (Å²) in [4.78, 5) is 4.58. The van der Waals surface area contributed by atoms with Gasteiger partial charge in [0.2, 0.25) is 0 Å². The van der Waals surface area contributed by atoms with Crippen LogP contribution in [-0.4, -0.2) is 17.1 Å². The molecule has 19 heavy (non-hydrogen) atoms. The number of nitrogens with two attached hydrogens (primary N) is 1. The van der Waals surface area contributed by atoms with E-state index in [2.05, 4.69) is 31.0 Å². The number of nitrogens with zero attached hydrogens (tertiary/aromatic N) is 1. The Morgan fingerprint density at radius 2 is 1.84 bits per heavy atom. The zero-order chi connectivity index (χ0) is 13.7. The Labute approximate surface area is 114 Å². The molecule has 1 aromatic heterocycles. The molecule has 0 aliphatic carbocycles. The molecule has 102 valence electrons. The van der Waals surface area contributed by atoms with Gasteiger partial charge in [-0.1, -0.05) is 38.1 Å². The Hall–Kier alpha value is -1.45. The van der Waals surface area contributed by atoms with Gasteiger partial charge in [0.1, 0.15) is 0 Å². The van der Waals surface area contributed by atoms with Crippen molar-refractivity contribution >= 4 is 10.9 Å². The van der Waals surface area contributed by atoms with Crippen molar-refractivity contribution in [3.8, 4) is 0 Å². The summed E-state index contributed by atoms with van der Waals surface area (Å²) in [6.45, 7) is 5.29. The molecule has 0 bridgehead atoms. The average Bonchev–Trinajstić information content (AvgIpc) is 2.47. The summed E-state index contributed by atoms with van der Waals surface area (Å²) in [5.41, 5.74) is 7.95. The van der Waals surface area contributed by atoms with Crippen molar-refractivity contribution in [1.82, 2.24) is 4.98 Å². The SMILES string of the molecule is CCC(N)(CC)COCc1ccc2ccccc2n1. The van der Waals surface area contributed by atoms with Crippen molar-refractivity contribution in [2.24, 2.45) is 5.73 Å². The first-order valence-electron chi connectivity index (χ1n) is 6.88. The summed E-state index contributed by atoms with van der Waals surface area (Å²) in [5.74, 6) is 0. The van der Waals surface area contributed by atoms with E-state index in [4.69, 9.17) is 10.5 Å². The van der Waals surface area contributed by atoms with Crippen LogP contribution >= 0.6 is 0 Å². The minimum absolute atomic E-state index is 0.211. The zero-order valence-electron chi connectivity index (χ0n) is 11.7. The number of benzene rings is 1. The highest BCUT2D eigenvalue weighted by molar-refractivity contribution is 5.78. The minimum Gasteiger partial charge on any atom is -0.373 e. The highest BCUT2D eigenvalue weighted by Gasteiger charge is 2.20. The van der Waals surface area contributed by atoms with Crippen LogP contribution in [0.4, 0.5) is 0 Å². The fraction of sp³-hybridized carbons (Fsp3) is 0.438. The molecular weight excluding hydrogens is 236 g/mol. The maximum absolute atomic E-state index is 6.21. The van der Waals surface area contributed by atoms with Gasteiger partial charge in [-0.2, -0.15) is 0 Å². The fourth-order valence-corrected chi connectivity index (χ4v) is 2.00. The smallest absolute Gasteiger partial charge is 0.0889 e. The summed E-state index contributed by atoms with van der Waals surface area (Å²) >= 11 is 0. The second-order valence-corrected chi connectivity index (χ2v) is 5.06. The standard InChI is InChI=1S/C16H22N2O/c1-3-16(17,4-2)12-19-11-14-10-9-13-7-5-6-8-15(13)18-14/h5-10H,3-4,11-12,17H2,1-2H3. The molecule has 0 radical (unpaired) electrons. The highest BCUT2D eigenvalue weighted by atomic mass is 16.5. The lowest BCUT2D eigenvalue weighted by molar-refractivity contribution is 0.0679. The first kappa shape index (κ1) is 14.0. The molecule has 0 aliphatic heterocycles. The Morgan fingerprint density at radius 3 is 2.58 bits per heavy atom. The molecule has 2 rings (SSSR count). The summed E-state index contributed by atoms with van der Waals surface area (Å²) in [5, 5.41) is 1.15. The monoisotopic (exact) mass is 258 g/mol. The minimum atomic E-state index is -0.211. The first-order chi connectivity index (χ1) is 9.17. The number of rotatable bonds is 6. The van der Waals surface area contributed by atoms with Gasteiger partial charge in [-0.3, -0.25) is 4.98 Å². The van der Waals surface area contributed by atoms with Gasteiger partial charge in [-0.15, -0.1) is 0 Å². The molecule has 0 atom stereocenters. The van der Waals surface area contributed by atoms with E-state index in [0.717, 1.165) is 29.4 Å². The van der Waals surface area contributed by atoms with Gasteiger partial charge < -0.3 is 10.5 Å². The zero-order valence-corrected chi connectivity index (χ0v) is 11.7. The molecule has 0 amide bonds. The second-order valence-electron chi connectivity index (χ2n) is 5.06. The summed E-state index contributed by atoms with van der Waals surface area (Å²) in [6, 6.07) is 12.2. The fourth-order valence-electron chi connectivity index (χ4n) is 2.00. The predicted octanol–water partition coefficient (Wildman–Crippen LogP) is 3.27. The van der Waals surface area contributed by atoms with Crippen LogP contribution in [0, 0.1) is 0 Å². The second kappa shape index (κ2) is 6.13.